The number of aromatic nitrogens is 1. The van der Waals surface area contributed by atoms with Crippen LogP contribution in [0, 0.1) is 24.7 Å². The maximum atomic E-state index is 13.6. The van der Waals surface area contributed by atoms with Crippen molar-refractivity contribution in [2.24, 2.45) is 17.8 Å². The third-order valence-corrected chi connectivity index (χ3v) is 7.46. The second kappa shape index (κ2) is 5.12. The smallest absolute Gasteiger partial charge is 0.349 e. The van der Waals surface area contributed by atoms with Crippen molar-refractivity contribution in [3.05, 3.63) is 56.8 Å². The molecule has 3 aromatic rings. The van der Waals surface area contributed by atoms with Crippen molar-refractivity contribution < 1.29 is 4.42 Å². The second-order valence-corrected chi connectivity index (χ2v) is 9.24. The average molecular weight is 361 g/mol. The molecule has 0 amide bonds. The zero-order valence-corrected chi connectivity index (χ0v) is 15.5. The molecule has 0 saturated heterocycles. The van der Waals surface area contributed by atoms with E-state index >= 15 is 0 Å². The van der Waals surface area contributed by atoms with Gasteiger partial charge in [-0.3, -0.25) is 4.79 Å². The van der Waals surface area contributed by atoms with Gasteiger partial charge in [0.1, 0.15) is 11.0 Å². The highest BCUT2D eigenvalue weighted by atomic mass is 16.4. The Morgan fingerprint density at radius 2 is 1.59 bits per heavy atom. The summed E-state index contributed by atoms with van der Waals surface area (Å²) in [6.07, 6.45) is 7.24. The number of para-hydroxylation sites is 1. The first kappa shape index (κ1) is 15.7. The highest BCUT2D eigenvalue weighted by Crippen LogP contribution is 2.58. The molecule has 4 saturated carbocycles. The quantitative estimate of drug-likeness (QED) is 0.478. The van der Waals surface area contributed by atoms with Gasteiger partial charge in [-0.1, -0.05) is 18.2 Å². The lowest BCUT2D eigenvalue weighted by molar-refractivity contribution is -0.0455. The molecule has 1 aromatic carbocycles. The molecule has 27 heavy (non-hydrogen) atoms. The zero-order valence-electron chi connectivity index (χ0n) is 15.5. The lowest BCUT2D eigenvalue weighted by Crippen LogP contribution is -2.55. The van der Waals surface area contributed by atoms with Gasteiger partial charge in [0.15, 0.2) is 0 Å². The number of fused-ring (bicyclic) bond motifs is 3. The summed E-state index contributed by atoms with van der Waals surface area (Å²) in [5.74, 6) is 2.23. The monoisotopic (exact) mass is 361 g/mol. The van der Waals surface area contributed by atoms with Crippen LogP contribution in [0.5, 0.6) is 0 Å². The SMILES string of the molecule is Cc1cc2c(c(=O)oc3ccccc32)c(=O)n1C12CC3CC(CC(C3)C1)C2. The summed E-state index contributed by atoms with van der Waals surface area (Å²) in [6.45, 7) is 2.03. The first-order chi connectivity index (χ1) is 13.0. The lowest BCUT2D eigenvalue weighted by Gasteiger charge is -2.57. The van der Waals surface area contributed by atoms with Gasteiger partial charge in [-0.15, -0.1) is 0 Å². The van der Waals surface area contributed by atoms with Crippen molar-refractivity contribution in [3.8, 4) is 0 Å². The van der Waals surface area contributed by atoms with E-state index in [4.69, 9.17) is 4.42 Å². The normalized spacial score (nSPS) is 31.8. The molecule has 7 rings (SSSR count). The van der Waals surface area contributed by atoms with E-state index in [0.717, 1.165) is 53.5 Å². The van der Waals surface area contributed by atoms with E-state index in [1.807, 2.05) is 35.8 Å². The molecule has 0 N–H and O–H groups in total. The van der Waals surface area contributed by atoms with Gasteiger partial charge in [0, 0.05) is 22.0 Å². The molecule has 0 spiro atoms. The van der Waals surface area contributed by atoms with Crippen LogP contribution >= 0.6 is 0 Å². The predicted molar refractivity (Wildman–Crippen MR) is 105 cm³/mol. The van der Waals surface area contributed by atoms with E-state index in [1.165, 1.54) is 19.3 Å². The number of hydrogen-bond donors (Lipinski definition) is 0. The highest BCUT2D eigenvalue weighted by Gasteiger charge is 2.52. The summed E-state index contributed by atoms with van der Waals surface area (Å²) in [5, 5.41) is 1.78. The Labute approximate surface area is 156 Å². The number of aryl methyl sites for hydroxylation is 1. The Kier molecular flexibility index (Phi) is 2.97. The summed E-state index contributed by atoms with van der Waals surface area (Å²) < 4.78 is 7.49. The van der Waals surface area contributed by atoms with Crippen LogP contribution in [0.2, 0.25) is 0 Å². The Balaban J connectivity index is 1.68. The van der Waals surface area contributed by atoms with Crippen molar-refractivity contribution in [2.75, 3.05) is 0 Å². The van der Waals surface area contributed by atoms with E-state index in [-0.39, 0.29) is 16.5 Å². The number of benzene rings is 1. The first-order valence-electron chi connectivity index (χ1n) is 10.1. The molecule has 2 heterocycles. The molecule has 138 valence electrons. The van der Waals surface area contributed by atoms with Crippen LogP contribution < -0.4 is 11.2 Å². The maximum absolute atomic E-state index is 13.6. The summed E-state index contributed by atoms with van der Waals surface area (Å²) in [7, 11) is 0. The summed E-state index contributed by atoms with van der Waals surface area (Å²) in [6, 6.07) is 9.52. The molecule has 4 aliphatic carbocycles. The second-order valence-electron chi connectivity index (χ2n) is 9.24. The molecule has 4 heteroatoms. The van der Waals surface area contributed by atoms with E-state index in [0.29, 0.717) is 5.58 Å². The van der Waals surface area contributed by atoms with Gasteiger partial charge >= 0.3 is 5.63 Å². The number of rotatable bonds is 1. The third-order valence-electron chi connectivity index (χ3n) is 7.46. The summed E-state index contributed by atoms with van der Waals surface area (Å²) in [4.78, 5) is 26.4. The molecule has 4 aliphatic rings. The molecule has 0 atom stereocenters. The van der Waals surface area contributed by atoms with Crippen LogP contribution in [0.25, 0.3) is 21.7 Å². The maximum Gasteiger partial charge on any atom is 0.349 e. The predicted octanol–water partition coefficient (Wildman–Crippen LogP) is 4.34. The third kappa shape index (κ3) is 2.04. The van der Waals surface area contributed by atoms with Crippen LogP contribution in [-0.4, -0.2) is 4.57 Å². The Morgan fingerprint density at radius 1 is 0.963 bits per heavy atom. The lowest BCUT2D eigenvalue weighted by atomic mass is 9.53. The Morgan fingerprint density at radius 3 is 2.26 bits per heavy atom. The minimum Gasteiger partial charge on any atom is -0.422 e. The van der Waals surface area contributed by atoms with E-state index in [9.17, 15) is 9.59 Å². The van der Waals surface area contributed by atoms with Crippen LogP contribution in [-0.2, 0) is 5.54 Å². The first-order valence-corrected chi connectivity index (χ1v) is 10.1. The molecular formula is C23H23NO3. The van der Waals surface area contributed by atoms with Crippen LogP contribution in [0.3, 0.4) is 0 Å². The van der Waals surface area contributed by atoms with E-state index in [1.54, 1.807) is 6.07 Å². The summed E-state index contributed by atoms with van der Waals surface area (Å²) in [5.41, 5.74) is 0.771. The fraction of sp³-hybridized carbons (Fsp3) is 0.478. The van der Waals surface area contributed by atoms with Crippen LogP contribution in [0.1, 0.15) is 44.2 Å². The van der Waals surface area contributed by atoms with Crippen LogP contribution in [0.15, 0.2) is 44.3 Å². The van der Waals surface area contributed by atoms with Crippen LogP contribution in [0.4, 0.5) is 0 Å². The standard InChI is InChI=1S/C23H23NO3/c1-13-6-18-17-4-2-3-5-19(17)27-22(26)20(18)21(25)24(13)23-10-14-7-15(11-23)9-16(8-14)12-23/h2-6,14-16H,7-12H2,1H3. The van der Waals surface area contributed by atoms with Crippen molar-refractivity contribution >= 4 is 21.7 Å². The molecule has 2 aromatic heterocycles. The number of nitrogens with zero attached hydrogens (tertiary/aromatic N) is 1. The summed E-state index contributed by atoms with van der Waals surface area (Å²) >= 11 is 0. The molecule has 0 unspecified atom stereocenters. The fourth-order valence-electron chi connectivity index (χ4n) is 7.00. The highest BCUT2D eigenvalue weighted by molar-refractivity contribution is 6.03. The van der Waals surface area contributed by atoms with Gasteiger partial charge < -0.3 is 8.98 Å². The fourth-order valence-corrected chi connectivity index (χ4v) is 7.00. The molecule has 0 aliphatic heterocycles. The van der Waals surface area contributed by atoms with Crippen molar-refractivity contribution in [1.82, 2.24) is 4.57 Å². The number of pyridine rings is 1. The molecule has 0 radical (unpaired) electrons. The molecule has 4 bridgehead atoms. The van der Waals surface area contributed by atoms with E-state index < -0.39 is 5.63 Å². The van der Waals surface area contributed by atoms with Gasteiger partial charge in [0.05, 0.1) is 0 Å². The zero-order chi connectivity index (χ0) is 18.3. The molecule has 4 fully saturated rings. The average Bonchev–Trinajstić information content (AvgIpc) is 2.60. The minimum absolute atomic E-state index is 0.0950. The largest absolute Gasteiger partial charge is 0.422 e. The van der Waals surface area contributed by atoms with Gasteiger partial charge in [-0.25, -0.2) is 4.79 Å². The Bertz CT molecular complexity index is 1180. The number of hydrogen-bond acceptors (Lipinski definition) is 3. The van der Waals surface area contributed by atoms with Crippen molar-refractivity contribution in [3.63, 3.8) is 0 Å². The minimum atomic E-state index is -0.507. The van der Waals surface area contributed by atoms with Gasteiger partial charge in [-0.2, -0.15) is 0 Å². The molecule has 4 nitrogen and oxygen atoms in total. The van der Waals surface area contributed by atoms with Gasteiger partial charge in [0.2, 0.25) is 0 Å². The van der Waals surface area contributed by atoms with Gasteiger partial charge in [0.25, 0.3) is 5.56 Å². The van der Waals surface area contributed by atoms with E-state index in [2.05, 4.69) is 0 Å². The Hall–Kier alpha value is -2.36. The van der Waals surface area contributed by atoms with Gasteiger partial charge in [-0.05, 0) is 75.3 Å². The molecular weight excluding hydrogens is 338 g/mol. The van der Waals surface area contributed by atoms with Crippen molar-refractivity contribution in [1.29, 1.82) is 0 Å². The topological polar surface area (TPSA) is 52.2 Å². The van der Waals surface area contributed by atoms with Crippen molar-refractivity contribution in [2.45, 2.75) is 51.0 Å².